The summed E-state index contributed by atoms with van der Waals surface area (Å²) in [5.41, 5.74) is 6.17. The number of benzene rings is 4. The SMILES string of the molecule is Fc1ccc(-c2ncn(C3CCN(CCOCCN4CCC(n5cnc(-c6ccc(F)cc6)c5-c5ccnc(Oc6ccccc6)n5)CC4)CC3)c2-c2ccnc(Oc3ccccc3)n2)cc1. The normalized spacial score (nSPS) is 15.2. The highest BCUT2D eigenvalue weighted by molar-refractivity contribution is 5.78. The number of halogens is 2. The van der Waals surface area contributed by atoms with Crippen LogP contribution in [0.4, 0.5) is 8.78 Å². The molecule has 8 aromatic rings. The van der Waals surface area contributed by atoms with Crippen LogP contribution in [0.3, 0.4) is 0 Å². The molecular weight excluding hydrogens is 851 g/mol. The number of nitrogens with zero attached hydrogens (tertiary/aromatic N) is 10. The lowest BCUT2D eigenvalue weighted by Gasteiger charge is -2.34. The molecule has 4 aromatic carbocycles. The van der Waals surface area contributed by atoms with E-state index >= 15 is 0 Å². The summed E-state index contributed by atoms with van der Waals surface area (Å²) >= 11 is 0. The van der Waals surface area contributed by atoms with E-state index in [4.69, 9.17) is 34.1 Å². The number of hydrogen-bond donors (Lipinski definition) is 0. The van der Waals surface area contributed by atoms with Crippen molar-refractivity contribution < 1.29 is 23.0 Å². The van der Waals surface area contributed by atoms with Crippen LogP contribution >= 0.6 is 0 Å². The summed E-state index contributed by atoms with van der Waals surface area (Å²) in [7, 11) is 0. The molecule has 4 aromatic heterocycles. The molecule has 0 saturated carbocycles. The average Bonchev–Trinajstić information content (AvgIpc) is 4.02. The van der Waals surface area contributed by atoms with Crippen molar-refractivity contribution in [2.24, 2.45) is 0 Å². The summed E-state index contributed by atoms with van der Waals surface area (Å²) in [5.74, 6) is 0.697. The van der Waals surface area contributed by atoms with E-state index < -0.39 is 0 Å². The number of piperidine rings is 2. The minimum absolute atomic E-state index is 0.199. The Kier molecular flexibility index (Phi) is 13.4. The molecule has 0 spiro atoms. The van der Waals surface area contributed by atoms with Crippen molar-refractivity contribution in [1.82, 2.24) is 48.8 Å². The van der Waals surface area contributed by atoms with Crippen LogP contribution < -0.4 is 9.47 Å². The molecule has 340 valence electrons. The Labute approximate surface area is 387 Å². The second-order valence-electron chi connectivity index (χ2n) is 16.7. The fraction of sp³-hybridized carbons (Fsp3) is 0.269. The van der Waals surface area contributed by atoms with Crippen LogP contribution in [0.5, 0.6) is 23.5 Å². The molecule has 0 amide bonds. The highest BCUT2D eigenvalue weighted by Crippen LogP contribution is 2.38. The zero-order valence-corrected chi connectivity index (χ0v) is 36.9. The molecule has 0 radical (unpaired) electrons. The molecular formula is C52H50F2N10O3. The van der Waals surface area contributed by atoms with Crippen LogP contribution in [0, 0.1) is 11.6 Å². The summed E-state index contributed by atoms with van der Waals surface area (Å²) in [6.07, 6.45) is 10.9. The van der Waals surface area contributed by atoms with E-state index in [1.54, 1.807) is 36.7 Å². The fourth-order valence-electron chi connectivity index (χ4n) is 8.98. The maximum Gasteiger partial charge on any atom is 0.322 e. The lowest BCUT2D eigenvalue weighted by Crippen LogP contribution is -2.38. The van der Waals surface area contributed by atoms with Crippen LogP contribution in [0.25, 0.3) is 45.3 Å². The van der Waals surface area contributed by atoms with Crippen LogP contribution in [-0.2, 0) is 4.74 Å². The number of ether oxygens (including phenoxy) is 3. The first-order valence-electron chi connectivity index (χ1n) is 22.8. The van der Waals surface area contributed by atoms with Gasteiger partial charge in [-0.1, -0.05) is 36.4 Å². The van der Waals surface area contributed by atoms with Gasteiger partial charge in [0.25, 0.3) is 0 Å². The monoisotopic (exact) mass is 900 g/mol. The lowest BCUT2D eigenvalue weighted by molar-refractivity contribution is 0.0660. The van der Waals surface area contributed by atoms with Gasteiger partial charge in [-0.2, -0.15) is 9.97 Å². The summed E-state index contributed by atoms with van der Waals surface area (Å²) in [4.78, 5) is 33.0. The van der Waals surface area contributed by atoms with Gasteiger partial charge in [0.15, 0.2) is 0 Å². The van der Waals surface area contributed by atoms with E-state index in [9.17, 15) is 8.78 Å². The van der Waals surface area contributed by atoms with Gasteiger partial charge in [-0.05, 0) is 111 Å². The Bertz CT molecular complexity index is 2650. The first-order chi connectivity index (χ1) is 33.0. The molecule has 2 aliphatic rings. The molecule has 0 bridgehead atoms. The molecule has 15 heteroatoms. The third-order valence-corrected chi connectivity index (χ3v) is 12.5. The Hall–Kier alpha value is -7.20. The second-order valence-corrected chi connectivity index (χ2v) is 16.7. The van der Waals surface area contributed by atoms with Crippen molar-refractivity contribution in [3.05, 3.63) is 158 Å². The minimum atomic E-state index is -0.299. The van der Waals surface area contributed by atoms with E-state index in [2.05, 4.69) is 28.9 Å². The molecule has 10 rings (SSSR count). The summed E-state index contributed by atoms with van der Waals surface area (Å²) in [6, 6.07) is 36.4. The first kappa shape index (κ1) is 43.7. The maximum absolute atomic E-state index is 14.0. The van der Waals surface area contributed by atoms with E-state index in [1.807, 2.05) is 85.5 Å². The zero-order chi connectivity index (χ0) is 45.4. The first-order valence-corrected chi connectivity index (χ1v) is 22.8. The number of likely N-dealkylation sites (tertiary alicyclic amines) is 2. The number of hydrogen-bond acceptors (Lipinski definition) is 11. The summed E-state index contributed by atoms with van der Waals surface area (Å²) in [6.45, 7) is 6.74. The van der Waals surface area contributed by atoms with Crippen molar-refractivity contribution in [2.45, 2.75) is 37.8 Å². The Balaban J connectivity index is 0.727. The Morgan fingerprint density at radius 2 is 0.881 bits per heavy atom. The van der Waals surface area contributed by atoms with Gasteiger partial charge in [0.05, 0.1) is 60.0 Å². The fourth-order valence-corrected chi connectivity index (χ4v) is 8.98. The number of aromatic nitrogens is 8. The average molecular weight is 901 g/mol. The van der Waals surface area contributed by atoms with Gasteiger partial charge in [0.1, 0.15) is 23.1 Å². The number of rotatable bonds is 16. The molecule has 13 nitrogen and oxygen atoms in total. The molecule has 0 N–H and O–H groups in total. The minimum Gasteiger partial charge on any atom is -0.424 e. The zero-order valence-electron chi connectivity index (χ0n) is 36.9. The second kappa shape index (κ2) is 20.5. The quantitative estimate of drug-likeness (QED) is 0.0862. The third-order valence-electron chi connectivity index (χ3n) is 12.5. The van der Waals surface area contributed by atoms with Gasteiger partial charge < -0.3 is 33.1 Å². The smallest absolute Gasteiger partial charge is 0.322 e. The van der Waals surface area contributed by atoms with E-state index in [1.165, 1.54) is 24.3 Å². The predicted octanol–water partition coefficient (Wildman–Crippen LogP) is 10.2. The lowest BCUT2D eigenvalue weighted by atomic mass is 10.0. The molecule has 2 fully saturated rings. The topological polar surface area (TPSA) is 121 Å². The molecule has 2 saturated heterocycles. The highest BCUT2D eigenvalue weighted by Gasteiger charge is 2.28. The predicted molar refractivity (Wildman–Crippen MR) is 251 cm³/mol. The van der Waals surface area contributed by atoms with Crippen LogP contribution in [0.15, 0.2) is 146 Å². The Morgan fingerprint density at radius 3 is 1.28 bits per heavy atom. The summed E-state index contributed by atoms with van der Waals surface area (Å²) in [5, 5.41) is 0. The molecule has 6 heterocycles. The molecule has 0 aliphatic carbocycles. The van der Waals surface area contributed by atoms with E-state index in [0.29, 0.717) is 36.1 Å². The maximum atomic E-state index is 14.0. The van der Waals surface area contributed by atoms with Crippen molar-refractivity contribution >= 4 is 0 Å². The van der Waals surface area contributed by atoms with Crippen molar-refractivity contribution in [3.8, 4) is 68.8 Å². The highest BCUT2D eigenvalue weighted by atomic mass is 19.1. The van der Waals surface area contributed by atoms with E-state index in [-0.39, 0.29) is 35.7 Å². The molecule has 2 aliphatic heterocycles. The van der Waals surface area contributed by atoms with Crippen LogP contribution in [0.2, 0.25) is 0 Å². The van der Waals surface area contributed by atoms with Gasteiger partial charge in [0, 0.05) is 74.9 Å². The number of para-hydroxylation sites is 2. The summed E-state index contributed by atoms with van der Waals surface area (Å²) < 4.78 is 50.6. The largest absolute Gasteiger partial charge is 0.424 e. The van der Waals surface area contributed by atoms with Crippen LogP contribution in [-0.4, -0.2) is 101 Å². The van der Waals surface area contributed by atoms with Gasteiger partial charge in [-0.15, -0.1) is 0 Å². The van der Waals surface area contributed by atoms with Crippen molar-refractivity contribution in [3.63, 3.8) is 0 Å². The molecule has 67 heavy (non-hydrogen) atoms. The van der Waals surface area contributed by atoms with Crippen molar-refractivity contribution in [2.75, 3.05) is 52.5 Å². The van der Waals surface area contributed by atoms with Gasteiger partial charge in [-0.3, -0.25) is 0 Å². The molecule has 0 unspecified atom stereocenters. The van der Waals surface area contributed by atoms with Crippen LogP contribution in [0.1, 0.15) is 37.8 Å². The number of imidazole rings is 2. The van der Waals surface area contributed by atoms with Crippen molar-refractivity contribution in [1.29, 1.82) is 0 Å². The standard InChI is InChI=1S/C52H50F2N10O3/c53-39-15-11-37(12-16-39)47-49(45-19-25-55-51(59-45)66-43-7-3-1-4-8-43)63(35-57-47)41-21-27-61(28-22-41)31-33-65-34-32-62-29-23-42(24-30-62)64-36-58-48(38-13-17-40(54)18-14-38)50(64)46-20-26-56-52(60-46)67-44-9-5-2-6-10-44/h1-20,25-26,35-36,41-42H,21-24,27-34H2. The third kappa shape index (κ3) is 10.4. The van der Waals surface area contributed by atoms with Gasteiger partial charge in [-0.25, -0.2) is 28.7 Å². The van der Waals surface area contributed by atoms with Gasteiger partial charge in [0.2, 0.25) is 0 Å². The Morgan fingerprint density at radius 1 is 0.478 bits per heavy atom. The molecule has 0 atom stereocenters. The van der Waals surface area contributed by atoms with E-state index in [0.717, 1.165) is 98.9 Å². The van der Waals surface area contributed by atoms with Gasteiger partial charge >= 0.3 is 12.0 Å².